The molecule has 0 unspecified atom stereocenters. The van der Waals surface area contributed by atoms with Crippen LogP contribution in [-0.2, 0) is 10.0 Å². The van der Waals surface area contributed by atoms with Gasteiger partial charge in [-0.3, -0.25) is 0 Å². The Kier molecular flexibility index (Phi) is 6.24. The van der Waals surface area contributed by atoms with E-state index >= 15 is 0 Å². The van der Waals surface area contributed by atoms with Crippen molar-refractivity contribution >= 4 is 21.6 Å². The molecular weight excluding hydrogens is 310 g/mol. The summed E-state index contributed by atoms with van der Waals surface area (Å²) >= 11 is 6.06. The molecule has 0 amide bonds. The second-order valence-corrected chi connectivity index (χ2v) is 7.32. The zero-order chi connectivity index (χ0) is 16.1. The average Bonchev–Trinajstić information content (AvgIpc) is 2.37. The SMILES string of the molecule is CCC(C)(C)NS(=O)(=O)c1ccc(C#CCCO)cc1Cl. The number of hydrogen-bond donors (Lipinski definition) is 2. The van der Waals surface area contributed by atoms with Crippen LogP contribution in [0.2, 0.25) is 5.02 Å². The van der Waals surface area contributed by atoms with Gasteiger partial charge in [0.25, 0.3) is 0 Å². The van der Waals surface area contributed by atoms with Crippen LogP contribution >= 0.6 is 11.6 Å². The normalized spacial score (nSPS) is 11.9. The third kappa shape index (κ3) is 5.33. The minimum Gasteiger partial charge on any atom is -0.395 e. The third-order valence-corrected chi connectivity index (χ3v) is 5.17. The van der Waals surface area contributed by atoms with Gasteiger partial charge in [0.05, 0.1) is 11.6 Å². The van der Waals surface area contributed by atoms with E-state index in [1.54, 1.807) is 6.07 Å². The van der Waals surface area contributed by atoms with Gasteiger partial charge in [-0.15, -0.1) is 0 Å². The second-order valence-electron chi connectivity index (χ2n) is 5.26. The van der Waals surface area contributed by atoms with Gasteiger partial charge in [-0.1, -0.05) is 30.4 Å². The van der Waals surface area contributed by atoms with Crippen molar-refractivity contribution in [2.75, 3.05) is 6.61 Å². The van der Waals surface area contributed by atoms with Gasteiger partial charge in [-0.2, -0.15) is 0 Å². The maximum Gasteiger partial charge on any atom is 0.242 e. The lowest BCUT2D eigenvalue weighted by Crippen LogP contribution is -2.42. The topological polar surface area (TPSA) is 66.4 Å². The van der Waals surface area contributed by atoms with E-state index in [2.05, 4.69) is 16.6 Å². The largest absolute Gasteiger partial charge is 0.395 e. The average molecular weight is 330 g/mol. The monoisotopic (exact) mass is 329 g/mol. The van der Waals surface area contributed by atoms with Gasteiger partial charge in [-0.05, 0) is 38.5 Å². The molecule has 0 aromatic heterocycles. The number of sulfonamides is 1. The van der Waals surface area contributed by atoms with Crippen molar-refractivity contribution in [3.63, 3.8) is 0 Å². The zero-order valence-corrected chi connectivity index (χ0v) is 14.0. The smallest absolute Gasteiger partial charge is 0.242 e. The van der Waals surface area contributed by atoms with E-state index in [1.807, 2.05) is 20.8 Å². The first-order chi connectivity index (χ1) is 9.72. The molecule has 1 rings (SSSR count). The molecule has 21 heavy (non-hydrogen) atoms. The van der Waals surface area contributed by atoms with Gasteiger partial charge in [0, 0.05) is 17.5 Å². The zero-order valence-electron chi connectivity index (χ0n) is 12.4. The maximum absolute atomic E-state index is 12.3. The summed E-state index contributed by atoms with van der Waals surface area (Å²) in [4.78, 5) is 0.0402. The highest BCUT2D eigenvalue weighted by Crippen LogP contribution is 2.24. The van der Waals surface area contributed by atoms with Crippen molar-refractivity contribution in [2.45, 2.75) is 44.0 Å². The molecule has 0 aliphatic carbocycles. The fraction of sp³-hybridized carbons (Fsp3) is 0.467. The molecule has 4 nitrogen and oxygen atoms in total. The van der Waals surface area contributed by atoms with E-state index in [1.165, 1.54) is 12.1 Å². The van der Waals surface area contributed by atoms with Gasteiger partial charge < -0.3 is 5.11 Å². The third-order valence-electron chi connectivity index (χ3n) is 2.99. The fourth-order valence-corrected chi connectivity index (χ4v) is 3.54. The Bertz CT molecular complexity index is 657. The number of nitrogens with one attached hydrogen (secondary N) is 1. The fourth-order valence-electron chi connectivity index (χ4n) is 1.51. The first-order valence-corrected chi connectivity index (χ1v) is 8.51. The first-order valence-electron chi connectivity index (χ1n) is 6.65. The summed E-state index contributed by atoms with van der Waals surface area (Å²) in [5.41, 5.74) is 0.0732. The van der Waals surface area contributed by atoms with Crippen LogP contribution in [0.4, 0.5) is 0 Å². The molecule has 0 heterocycles. The molecule has 0 spiro atoms. The van der Waals surface area contributed by atoms with E-state index in [0.717, 1.165) is 0 Å². The highest BCUT2D eigenvalue weighted by Gasteiger charge is 2.26. The van der Waals surface area contributed by atoms with Gasteiger partial charge in [0.2, 0.25) is 10.0 Å². The van der Waals surface area contributed by atoms with Crippen molar-refractivity contribution in [2.24, 2.45) is 0 Å². The molecule has 0 aliphatic heterocycles. The predicted molar refractivity (Wildman–Crippen MR) is 84.7 cm³/mol. The molecule has 0 fully saturated rings. The van der Waals surface area contributed by atoms with E-state index < -0.39 is 15.6 Å². The van der Waals surface area contributed by atoms with Crippen molar-refractivity contribution in [3.05, 3.63) is 28.8 Å². The summed E-state index contributed by atoms with van der Waals surface area (Å²) < 4.78 is 27.3. The lowest BCUT2D eigenvalue weighted by molar-refractivity contribution is 0.305. The van der Waals surface area contributed by atoms with E-state index in [9.17, 15) is 8.42 Å². The molecular formula is C15H20ClNO3S. The molecule has 116 valence electrons. The minimum atomic E-state index is -3.67. The number of aliphatic hydroxyl groups excluding tert-OH is 1. The van der Waals surface area contributed by atoms with Crippen molar-refractivity contribution in [3.8, 4) is 11.8 Å². The van der Waals surface area contributed by atoms with Crippen LogP contribution in [-0.4, -0.2) is 25.7 Å². The Hall–Kier alpha value is -1.06. The summed E-state index contributed by atoms with van der Waals surface area (Å²) in [7, 11) is -3.67. The number of rotatable bonds is 5. The highest BCUT2D eigenvalue weighted by atomic mass is 35.5. The molecule has 0 atom stereocenters. The van der Waals surface area contributed by atoms with Crippen LogP contribution in [0.1, 0.15) is 39.2 Å². The van der Waals surface area contributed by atoms with Crippen molar-refractivity contribution < 1.29 is 13.5 Å². The number of hydrogen-bond acceptors (Lipinski definition) is 3. The molecule has 6 heteroatoms. The van der Waals surface area contributed by atoms with Gasteiger partial charge in [0.1, 0.15) is 4.90 Å². The Balaban J connectivity index is 3.08. The van der Waals surface area contributed by atoms with Crippen LogP contribution in [0.15, 0.2) is 23.1 Å². The molecule has 0 radical (unpaired) electrons. The molecule has 2 N–H and O–H groups in total. The molecule has 1 aromatic carbocycles. The van der Waals surface area contributed by atoms with Crippen LogP contribution in [0, 0.1) is 11.8 Å². The molecule has 0 saturated carbocycles. The summed E-state index contributed by atoms with van der Waals surface area (Å²) in [6.45, 7) is 5.52. The standard InChI is InChI=1S/C15H20ClNO3S/c1-4-15(2,3)17-21(19,20)14-9-8-12(11-13(14)16)7-5-6-10-18/h8-9,11,17-18H,4,6,10H2,1-3H3. The van der Waals surface area contributed by atoms with Gasteiger partial charge in [0.15, 0.2) is 0 Å². The van der Waals surface area contributed by atoms with E-state index in [0.29, 0.717) is 18.4 Å². The van der Waals surface area contributed by atoms with Crippen LogP contribution < -0.4 is 4.72 Å². The van der Waals surface area contributed by atoms with E-state index in [4.69, 9.17) is 16.7 Å². The summed E-state index contributed by atoms with van der Waals surface area (Å²) in [6, 6.07) is 4.56. The number of halogens is 1. The molecule has 1 aromatic rings. The Morgan fingerprint density at radius 3 is 2.57 bits per heavy atom. The minimum absolute atomic E-state index is 0.0107. The summed E-state index contributed by atoms with van der Waals surface area (Å²) in [6.07, 6.45) is 1.03. The van der Waals surface area contributed by atoms with Crippen LogP contribution in [0.5, 0.6) is 0 Å². The van der Waals surface area contributed by atoms with Crippen LogP contribution in [0.3, 0.4) is 0 Å². The molecule has 0 saturated heterocycles. The Morgan fingerprint density at radius 1 is 1.38 bits per heavy atom. The van der Waals surface area contributed by atoms with Gasteiger partial charge in [-0.25, -0.2) is 13.1 Å². The van der Waals surface area contributed by atoms with Crippen molar-refractivity contribution in [1.29, 1.82) is 0 Å². The maximum atomic E-state index is 12.3. The summed E-state index contributed by atoms with van der Waals surface area (Å²) in [5, 5.41) is 8.79. The number of aliphatic hydroxyl groups is 1. The van der Waals surface area contributed by atoms with Gasteiger partial charge >= 0.3 is 0 Å². The first kappa shape index (κ1) is 18.0. The predicted octanol–water partition coefficient (Wildman–Crippen LogP) is 2.54. The Labute approximate surface area is 131 Å². The second kappa shape index (κ2) is 7.28. The lowest BCUT2D eigenvalue weighted by atomic mass is 10.0. The quantitative estimate of drug-likeness (QED) is 0.816. The molecule has 0 bridgehead atoms. The highest BCUT2D eigenvalue weighted by molar-refractivity contribution is 7.89. The van der Waals surface area contributed by atoms with Crippen LogP contribution in [0.25, 0.3) is 0 Å². The van der Waals surface area contributed by atoms with Crippen molar-refractivity contribution in [1.82, 2.24) is 4.72 Å². The summed E-state index contributed by atoms with van der Waals surface area (Å²) in [5.74, 6) is 5.58. The van der Waals surface area contributed by atoms with E-state index in [-0.39, 0.29) is 16.5 Å². The number of benzene rings is 1. The molecule has 0 aliphatic rings. The Morgan fingerprint density at radius 2 is 2.05 bits per heavy atom. The lowest BCUT2D eigenvalue weighted by Gasteiger charge is -2.24.